The predicted molar refractivity (Wildman–Crippen MR) is 233 cm³/mol. The van der Waals surface area contributed by atoms with Crippen LogP contribution in [-0.2, 0) is 28.6 Å². The fourth-order valence-corrected chi connectivity index (χ4v) is 7.33. The van der Waals surface area contributed by atoms with E-state index in [1.165, 1.54) is 167 Å². The summed E-state index contributed by atoms with van der Waals surface area (Å²) in [5.41, 5.74) is 0. The van der Waals surface area contributed by atoms with Crippen LogP contribution >= 0.6 is 0 Å². The van der Waals surface area contributed by atoms with E-state index < -0.39 is 6.10 Å². The van der Waals surface area contributed by atoms with Crippen molar-refractivity contribution in [1.82, 2.24) is 0 Å². The maximum absolute atomic E-state index is 12.7. The van der Waals surface area contributed by atoms with Crippen LogP contribution in [0.3, 0.4) is 0 Å². The van der Waals surface area contributed by atoms with Gasteiger partial charge >= 0.3 is 17.9 Å². The van der Waals surface area contributed by atoms with Gasteiger partial charge in [-0.15, -0.1) is 0 Å². The van der Waals surface area contributed by atoms with E-state index in [4.69, 9.17) is 14.2 Å². The summed E-state index contributed by atoms with van der Waals surface area (Å²) in [6.07, 6.45) is 43.8. The Morgan fingerprint density at radius 3 is 0.891 bits per heavy atom. The number of ether oxygens (including phenoxy) is 3. The second-order valence-electron chi connectivity index (χ2n) is 17.2. The normalized spacial score (nSPS) is 11.9. The van der Waals surface area contributed by atoms with Gasteiger partial charge in [-0.25, -0.2) is 0 Å². The second kappa shape index (κ2) is 43.5. The summed E-state index contributed by atoms with van der Waals surface area (Å²) in [5, 5.41) is 0. The molecular formula is C49H94O6. The Morgan fingerprint density at radius 2 is 0.600 bits per heavy atom. The van der Waals surface area contributed by atoms with Crippen molar-refractivity contribution in [3.05, 3.63) is 0 Å². The highest BCUT2D eigenvalue weighted by molar-refractivity contribution is 5.71. The number of esters is 3. The van der Waals surface area contributed by atoms with Crippen LogP contribution in [-0.4, -0.2) is 37.2 Å². The van der Waals surface area contributed by atoms with E-state index >= 15 is 0 Å². The van der Waals surface area contributed by atoms with Gasteiger partial charge in [0.15, 0.2) is 6.10 Å². The van der Waals surface area contributed by atoms with E-state index in [9.17, 15) is 14.4 Å². The lowest BCUT2D eigenvalue weighted by Gasteiger charge is -2.18. The Balaban J connectivity index is 4.29. The third-order valence-corrected chi connectivity index (χ3v) is 11.0. The second-order valence-corrected chi connectivity index (χ2v) is 17.2. The molecule has 0 aromatic rings. The van der Waals surface area contributed by atoms with Crippen molar-refractivity contribution in [2.45, 2.75) is 278 Å². The van der Waals surface area contributed by atoms with Crippen LogP contribution in [0, 0.1) is 5.92 Å². The minimum absolute atomic E-state index is 0.0638. The Bertz CT molecular complexity index is 826. The molecule has 0 spiro atoms. The average molecular weight is 779 g/mol. The summed E-state index contributed by atoms with van der Waals surface area (Å²) in [6, 6.07) is 0. The van der Waals surface area contributed by atoms with E-state index in [1.54, 1.807) is 0 Å². The fraction of sp³-hybridized carbons (Fsp3) is 0.939. The van der Waals surface area contributed by atoms with Gasteiger partial charge in [0.2, 0.25) is 0 Å². The van der Waals surface area contributed by atoms with Crippen LogP contribution in [0.5, 0.6) is 0 Å². The first-order valence-electron chi connectivity index (χ1n) is 24.4. The summed E-state index contributed by atoms with van der Waals surface area (Å²) < 4.78 is 16.7. The van der Waals surface area contributed by atoms with Gasteiger partial charge in [0.1, 0.15) is 13.2 Å². The summed E-state index contributed by atoms with van der Waals surface area (Å²) in [4.78, 5) is 37.8. The largest absolute Gasteiger partial charge is 0.462 e. The van der Waals surface area contributed by atoms with Gasteiger partial charge in [0.25, 0.3) is 0 Å². The van der Waals surface area contributed by atoms with Crippen LogP contribution in [0.1, 0.15) is 272 Å². The Morgan fingerprint density at radius 1 is 0.345 bits per heavy atom. The molecule has 326 valence electrons. The van der Waals surface area contributed by atoms with Crippen LogP contribution in [0.4, 0.5) is 0 Å². The molecule has 0 unspecified atom stereocenters. The van der Waals surface area contributed by atoms with Crippen molar-refractivity contribution < 1.29 is 28.6 Å². The van der Waals surface area contributed by atoms with E-state index in [0.717, 1.165) is 63.7 Å². The molecule has 0 aliphatic heterocycles. The molecule has 0 bridgehead atoms. The van der Waals surface area contributed by atoms with Crippen LogP contribution in [0.15, 0.2) is 0 Å². The third-order valence-electron chi connectivity index (χ3n) is 11.0. The zero-order chi connectivity index (χ0) is 40.3. The third kappa shape index (κ3) is 43.4. The van der Waals surface area contributed by atoms with Crippen LogP contribution in [0.2, 0.25) is 0 Å². The Hall–Kier alpha value is -1.59. The summed E-state index contributed by atoms with van der Waals surface area (Å²) in [7, 11) is 0. The monoisotopic (exact) mass is 779 g/mol. The van der Waals surface area contributed by atoms with Crippen molar-refractivity contribution in [1.29, 1.82) is 0 Å². The molecule has 0 amide bonds. The maximum Gasteiger partial charge on any atom is 0.306 e. The first kappa shape index (κ1) is 53.4. The molecule has 0 aromatic heterocycles. The Labute approximate surface area is 342 Å². The summed E-state index contributed by atoms with van der Waals surface area (Å²) in [6.45, 7) is 8.96. The average Bonchev–Trinajstić information content (AvgIpc) is 3.17. The molecule has 0 saturated heterocycles. The van der Waals surface area contributed by atoms with Gasteiger partial charge in [0.05, 0.1) is 0 Å². The highest BCUT2D eigenvalue weighted by Crippen LogP contribution is 2.16. The zero-order valence-corrected chi connectivity index (χ0v) is 37.4. The van der Waals surface area contributed by atoms with Gasteiger partial charge in [-0.3, -0.25) is 14.4 Å². The van der Waals surface area contributed by atoms with E-state index in [2.05, 4.69) is 27.7 Å². The molecule has 1 atom stereocenters. The predicted octanol–water partition coefficient (Wildman–Crippen LogP) is 15.5. The summed E-state index contributed by atoms with van der Waals surface area (Å²) >= 11 is 0. The molecule has 0 N–H and O–H groups in total. The molecular weight excluding hydrogens is 685 g/mol. The lowest BCUT2D eigenvalue weighted by atomic mass is 10.0. The summed E-state index contributed by atoms with van der Waals surface area (Å²) in [5.74, 6) is -0.0707. The number of hydrogen-bond donors (Lipinski definition) is 0. The molecule has 0 aliphatic carbocycles. The van der Waals surface area contributed by atoms with Gasteiger partial charge in [-0.05, 0) is 25.2 Å². The number of carbonyl (C=O) groups is 3. The SMILES string of the molecule is CCCCCCCCCCCCCCCCCCC(=O)O[C@@H](COC(=O)CCCCCCCCCCCCC)COC(=O)CCCCCCCCCC(C)C. The first-order chi connectivity index (χ1) is 26.9. The van der Waals surface area contributed by atoms with Crippen molar-refractivity contribution in [2.75, 3.05) is 13.2 Å². The molecule has 0 aromatic carbocycles. The van der Waals surface area contributed by atoms with Crippen molar-refractivity contribution in [3.8, 4) is 0 Å². The lowest BCUT2D eigenvalue weighted by molar-refractivity contribution is -0.167. The standard InChI is InChI=1S/C49H94O6/c1-5-7-9-11-13-15-17-18-19-20-21-23-25-29-34-38-42-49(52)55-46(44-54-48(51)41-37-33-30-26-27-31-35-39-45(3)4)43-53-47(50)40-36-32-28-24-22-16-14-12-10-8-6-2/h45-46H,5-44H2,1-4H3/t46-/m0/s1. The highest BCUT2D eigenvalue weighted by Gasteiger charge is 2.19. The number of hydrogen-bond acceptors (Lipinski definition) is 6. The molecule has 6 nitrogen and oxygen atoms in total. The van der Waals surface area contributed by atoms with E-state index in [0.29, 0.717) is 19.3 Å². The number of rotatable bonds is 44. The minimum atomic E-state index is -0.760. The topological polar surface area (TPSA) is 78.9 Å². The van der Waals surface area contributed by atoms with Crippen molar-refractivity contribution in [3.63, 3.8) is 0 Å². The maximum atomic E-state index is 12.7. The number of unbranched alkanes of at least 4 members (excludes halogenated alkanes) is 31. The van der Waals surface area contributed by atoms with Gasteiger partial charge in [0, 0.05) is 19.3 Å². The first-order valence-corrected chi connectivity index (χ1v) is 24.4. The quantitative estimate of drug-likeness (QED) is 0.0348. The van der Waals surface area contributed by atoms with Crippen LogP contribution in [0.25, 0.3) is 0 Å². The highest BCUT2D eigenvalue weighted by atomic mass is 16.6. The molecule has 0 heterocycles. The minimum Gasteiger partial charge on any atom is -0.462 e. The van der Waals surface area contributed by atoms with Crippen LogP contribution < -0.4 is 0 Å². The zero-order valence-electron chi connectivity index (χ0n) is 37.4. The van der Waals surface area contributed by atoms with Gasteiger partial charge in [-0.1, -0.05) is 233 Å². The van der Waals surface area contributed by atoms with E-state index in [-0.39, 0.29) is 31.1 Å². The number of carbonyl (C=O) groups excluding carboxylic acids is 3. The van der Waals surface area contributed by atoms with E-state index in [1.807, 2.05) is 0 Å². The van der Waals surface area contributed by atoms with Gasteiger partial charge < -0.3 is 14.2 Å². The lowest BCUT2D eigenvalue weighted by Crippen LogP contribution is -2.30. The molecule has 0 radical (unpaired) electrons. The molecule has 55 heavy (non-hydrogen) atoms. The molecule has 6 heteroatoms. The smallest absolute Gasteiger partial charge is 0.306 e. The van der Waals surface area contributed by atoms with Gasteiger partial charge in [-0.2, -0.15) is 0 Å². The molecule has 0 rings (SSSR count). The molecule has 0 aliphatic rings. The molecule has 0 fully saturated rings. The Kier molecular flexibility index (Phi) is 42.3. The van der Waals surface area contributed by atoms with Crippen molar-refractivity contribution >= 4 is 17.9 Å². The van der Waals surface area contributed by atoms with Crippen molar-refractivity contribution in [2.24, 2.45) is 5.92 Å². The molecule has 0 saturated carbocycles. The fourth-order valence-electron chi connectivity index (χ4n) is 7.33.